The minimum atomic E-state index is -4.17. The van der Waals surface area contributed by atoms with E-state index < -0.39 is 28.5 Å². The van der Waals surface area contributed by atoms with Crippen LogP contribution in [0.1, 0.15) is 44.7 Å². The Morgan fingerprint density at radius 2 is 1.68 bits per heavy atom. The van der Waals surface area contributed by atoms with E-state index in [9.17, 15) is 18.0 Å². The highest BCUT2D eigenvalue weighted by atomic mass is 35.5. The Labute approximate surface area is 248 Å². The third-order valence-corrected chi connectivity index (χ3v) is 8.93. The highest BCUT2D eigenvalue weighted by molar-refractivity contribution is 7.92. The summed E-state index contributed by atoms with van der Waals surface area (Å²) in [6.45, 7) is 6.99. The van der Waals surface area contributed by atoms with E-state index in [4.69, 9.17) is 16.3 Å². The number of nitrogens with zero attached hydrogens (tertiary/aromatic N) is 2. The Balaban J connectivity index is 2.10. The second-order valence-electron chi connectivity index (χ2n) is 9.87. The second kappa shape index (κ2) is 14.4. The number of benzene rings is 3. The topological polar surface area (TPSA) is 96.0 Å². The number of aryl methyl sites for hydroxylation is 1. The van der Waals surface area contributed by atoms with Crippen LogP contribution in [0, 0.1) is 6.92 Å². The fourth-order valence-corrected chi connectivity index (χ4v) is 6.07. The number of sulfonamides is 1. The minimum Gasteiger partial charge on any atom is -0.497 e. The number of carbonyl (C=O) groups is 2. The zero-order chi connectivity index (χ0) is 30.2. The van der Waals surface area contributed by atoms with Crippen molar-refractivity contribution >= 4 is 39.1 Å². The van der Waals surface area contributed by atoms with Gasteiger partial charge in [0.2, 0.25) is 11.8 Å². The molecule has 3 aromatic rings. The Bertz CT molecular complexity index is 1450. The highest BCUT2D eigenvalue weighted by Gasteiger charge is 2.34. The van der Waals surface area contributed by atoms with Gasteiger partial charge in [-0.3, -0.25) is 13.9 Å². The van der Waals surface area contributed by atoms with Gasteiger partial charge in [-0.1, -0.05) is 61.8 Å². The molecule has 8 nitrogen and oxygen atoms in total. The van der Waals surface area contributed by atoms with E-state index in [1.54, 1.807) is 62.6 Å². The number of rotatable bonds is 13. The van der Waals surface area contributed by atoms with Crippen LogP contribution in [-0.4, -0.2) is 50.9 Å². The number of halogens is 1. The molecule has 2 amide bonds. The predicted octanol–water partition coefficient (Wildman–Crippen LogP) is 5.57. The third kappa shape index (κ3) is 8.01. The van der Waals surface area contributed by atoms with Gasteiger partial charge in [0.25, 0.3) is 10.0 Å². The summed E-state index contributed by atoms with van der Waals surface area (Å²) in [7, 11) is -2.62. The van der Waals surface area contributed by atoms with Crippen LogP contribution in [0.25, 0.3) is 0 Å². The molecule has 3 aromatic carbocycles. The van der Waals surface area contributed by atoms with E-state index in [-0.39, 0.29) is 29.1 Å². The van der Waals surface area contributed by atoms with Crippen molar-refractivity contribution < 1.29 is 22.7 Å². The molecule has 1 N–H and O–H groups in total. The van der Waals surface area contributed by atoms with Crippen LogP contribution >= 0.6 is 11.6 Å². The molecule has 0 fully saturated rings. The van der Waals surface area contributed by atoms with Crippen molar-refractivity contribution in [3.05, 3.63) is 88.9 Å². The lowest BCUT2D eigenvalue weighted by molar-refractivity contribution is -0.140. The first-order valence-electron chi connectivity index (χ1n) is 13.6. The number of hydrogen-bond acceptors (Lipinski definition) is 5. The number of ether oxygens (including phenoxy) is 1. The van der Waals surface area contributed by atoms with E-state index in [1.165, 1.54) is 23.1 Å². The molecule has 0 saturated carbocycles. The van der Waals surface area contributed by atoms with E-state index in [0.29, 0.717) is 22.8 Å². The maximum atomic E-state index is 14.2. The van der Waals surface area contributed by atoms with Crippen LogP contribution in [0.2, 0.25) is 5.02 Å². The van der Waals surface area contributed by atoms with Crippen molar-refractivity contribution in [2.45, 2.75) is 64.1 Å². The lowest BCUT2D eigenvalue weighted by Crippen LogP contribution is -2.53. The lowest BCUT2D eigenvalue weighted by Gasteiger charge is -2.34. The lowest BCUT2D eigenvalue weighted by atomic mass is 10.1. The van der Waals surface area contributed by atoms with Crippen LogP contribution in [0.5, 0.6) is 5.75 Å². The summed E-state index contributed by atoms with van der Waals surface area (Å²) in [5.74, 6) is -0.220. The highest BCUT2D eigenvalue weighted by Crippen LogP contribution is 2.30. The maximum absolute atomic E-state index is 14.2. The molecule has 10 heteroatoms. The number of anilines is 1. The van der Waals surface area contributed by atoms with Gasteiger partial charge in [-0.05, 0) is 74.2 Å². The first-order chi connectivity index (χ1) is 19.5. The molecule has 0 aliphatic rings. The van der Waals surface area contributed by atoms with Crippen molar-refractivity contribution in [1.82, 2.24) is 10.2 Å². The molecule has 0 unspecified atom stereocenters. The van der Waals surface area contributed by atoms with Crippen LogP contribution < -0.4 is 14.4 Å². The summed E-state index contributed by atoms with van der Waals surface area (Å²) in [4.78, 5) is 29.1. The molecule has 0 saturated heterocycles. The summed E-state index contributed by atoms with van der Waals surface area (Å²) in [5.41, 5.74) is 1.65. The molecule has 0 spiro atoms. The Kier molecular flexibility index (Phi) is 11.2. The second-order valence-corrected chi connectivity index (χ2v) is 12.2. The van der Waals surface area contributed by atoms with Gasteiger partial charge in [-0.2, -0.15) is 0 Å². The zero-order valence-corrected chi connectivity index (χ0v) is 25.7. The fraction of sp³-hybridized carbons (Fsp3) is 0.355. The SMILES string of the molecule is CC[C@@H](C)NC(=O)[C@H](CC)N(Cc1cccc(OC)c1)C(=O)CN(c1cc(Cl)ccc1C)S(=O)(=O)c1ccccc1. The summed E-state index contributed by atoms with van der Waals surface area (Å²) in [6.07, 6.45) is 1.06. The van der Waals surface area contributed by atoms with Gasteiger partial charge in [-0.25, -0.2) is 8.42 Å². The Hall–Kier alpha value is -3.56. The molecule has 3 rings (SSSR count). The van der Waals surface area contributed by atoms with E-state index in [0.717, 1.165) is 16.3 Å². The van der Waals surface area contributed by atoms with Crippen molar-refractivity contribution in [1.29, 1.82) is 0 Å². The van der Waals surface area contributed by atoms with Crippen LogP contribution in [0.3, 0.4) is 0 Å². The molecular formula is C31H38ClN3O5S. The average molecular weight is 600 g/mol. The monoisotopic (exact) mass is 599 g/mol. The summed E-state index contributed by atoms with van der Waals surface area (Å²) in [5, 5.41) is 3.31. The zero-order valence-electron chi connectivity index (χ0n) is 24.1. The third-order valence-electron chi connectivity index (χ3n) is 6.92. The standard InChI is InChI=1S/C31H38ClN3O5S/c1-6-23(4)33-31(37)28(7-2)34(20-24-12-11-13-26(18-24)40-5)30(36)21-35(29-19-25(32)17-16-22(29)3)41(38,39)27-14-9-8-10-15-27/h8-19,23,28H,6-7,20-21H2,1-5H3,(H,33,37)/t23-,28+/m1/s1. The minimum absolute atomic E-state index is 0.0353. The van der Waals surface area contributed by atoms with Gasteiger partial charge >= 0.3 is 0 Å². The molecule has 220 valence electrons. The van der Waals surface area contributed by atoms with Gasteiger partial charge in [0, 0.05) is 17.6 Å². The van der Waals surface area contributed by atoms with Crippen molar-refractivity contribution in [2.24, 2.45) is 0 Å². The molecule has 0 radical (unpaired) electrons. The number of nitrogens with one attached hydrogen (secondary N) is 1. The molecule has 2 atom stereocenters. The van der Waals surface area contributed by atoms with Crippen molar-refractivity contribution in [3.63, 3.8) is 0 Å². The van der Waals surface area contributed by atoms with E-state index >= 15 is 0 Å². The van der Waals surface area contributed by atoms with Crippen LogP contribution in [0.4, 0.5) is 5.69 Å². The summed E-state index contributed by atoms with van der Waals surface area (Å²) >= 11 is 6.29. The van der Waals surface area contributed by atoms with Crippen LogP contribution in [0.15, 0.2) is 77.7 Å². The smallest absolute Gasteiger partial charge is 0.264 e. The molecule has 0 heterocycles. The fourth-order valence-electron chi connectivity index (χ4n) is 4.41. The number of carbonyl (C=O) groups excluding carboxylic acids is 2. The molecule has 0 aliphatic carbocycles. The normalized spacial score (nSPS) is 12.7. The molecule has 41 heavy (non-hydrogen) atoms. The number of hydrogen-bond donors (Lipinski definition) is 1. The van der Waals surface area contributed by atoms with Crippen LogP contribution in [-0.2, 0) is 26.2 Å². The Morgan fingerprint density at radius 1 is 0.976 bits per heavy atom. The van der Waals surface area contributed by atoms with Crippen molar-refractivity contribution in [2.75, 3.05) is 18.0 Å². The van der Waals surface area contributed by atoms with Crippen molar-refractivity contribution in [3.8, 4) is 5.75 Å². The van der Waals surface area contributed by atoms with Gasteiger partial charge in [-0.15, -0.1) is 0 Å². The molecule has 0 aromatic heterocycles. The molecule has 0 aliphatic heterocycles. The van der Waals surface area contributed by atoms with Gasteiger partial charge in [0.1, 0.15) is 18.3 Å². The summed E-state index contributed by atoms with van der Waals surface area (Å²) < 4.78 is 34.4. The summed E-state index contributed by atoms with van der Waals surface area (Å²) in [6, 6.07) is 19.1. The quantitative estimate of drug-likeness (QED) is 0.277. The van der Waals surface area contributed by atoms with Gasteiger partial charge in [0.15, 0.2) is 0 Å². The maximum Gasteiger partial charge on any atom is 0.264 e. The van der Waals surface area contributed by atoms with Gasteiger partial charge < -0.3 is 15.0 Å². The van der Waals surface area contributed by atoms with E-state index in [1.807, 2.05) is 26.8 Å². The Morgan fingerprint density at radius 3 is 2.32 bits per heavy atom. The first-order valence-corrected chi connectivity index (χ1v) is 15.4. The number of methoxy groups -OCH3 is 1. The molecular weight excluding hydrogens is 562 g/mol. The average Bonchev–Trinajstić information content (AvgIpc) is 2.97. The molecule has 0 bridgehead atoms. The largest absolute Gasteiger partial charge is 0.497 e. The predicted molar refractivity (Wildman–Crippen MR) is 163 cm³/mol. The van der Waals surface area contributed by atoms with Gasteiger partial charge in [0.05, 0.1) is 17.7 Å². The first kappa shape index (κ1) is 32.0. The number of amides is 2. The van der Waals surface area contributed by atoms with E-state index in [2.05, 4.69) is 5.32 Å².